The number of carbonyl (C=O) groups excluding carboxylic acids is 1. The summed E-state index contributed by atoms with van der Waals surface area (Å²) in [6, 6.07) is 10.4. The highest BCUT2D eigenvalue weighted by molar-refractivity contribution is 7.98. The maximum absolute atomic E-state index is 12.0. The Balaban J connectivity index is 1.69. The minimum Gasteiger partial charge on any atom is -0.468 e. The molecule has 1 amide bonds. The summed E-state index contributed by atoms with van der Waals surface area (Å²) in [6.45, 7) is 0.804. The Bertz CT molecular complexity index is 808. The largest absolute Gasteiger partial charge is 0.468 e. The minimum atomic E-state index is -3.43. The van der Waals surface area contributed by atoms with Gasteiger partial charge in [0.05, 0.1) is 24.0 Å². The molecule has 0 fully saturated rings. The number of hydrogen-bond donors (Lipinski definition) is 1. The number of carbonyl (C=O) groups is 1. The number of thioether (sulfide) groups is 1. The first-order valence-electron chi connectivity index (χ1n) is 8.46. The van der Waals surface area contributed by atoms with Crippen molar-refractivity contribution in [2.45, 2.75) is 18.6 Å². The third-order valence-corrected chi connectivity index (χ3v) is 6.10. The van der Waals surface area contributed by atoms with Gasteiger partial charge >= 0.3 is 0 Å². The van der Waals surface area contributed by atoms with E-state index in [9.17, 15) is 13.2 Å². The predicted molar refractivity (Wildman–Crippen MR) is 111 cm³/mol. The highest BCUT2D eigenvalue weighted by Crippen LogP contribution is 2.21. The molecule has 1 aromatic carbocycles. The van der Waals surface area contributed by atoms with Crippen molar-refractivity contribution in [3.8, 4) is 0 Å². The first-order valence-corrected chi connectivity index (χ1v) is 11.8. The molecule has 0 bridgehead atoms. The molecule has 0 atom stereocenters. The van der Waals surface area contributed by atoms with Crippen molar-refractivity contribution < 1.29 is 17.6 Å². The monoisotopic (exact) mass is 430 g/mol. The number of halogens is 1. The molecule has 0 aliphatic carbocycles. The fourth-order valence-corrected chi connectivity index (χ4v) is 4.24. The smallest absolute Gasteiger partial charge is 0.232 e. The van der Waals surface area contributed by atoms with Gasteiger partial charge in [-0.05, 0) is 42.8 Å². The van der Waals surface area contributed by atoms with Crippen LogP contribution in [0, 0.1) is 0 Å². The second kappa shape index (κ2) is 10.6. The van der Waals surface area contributed by atoms with Crippen molar-refractivity contribution in [1.29, 1.82) is 0 Å². The molecule has 0 aliphatic rings. The van der Waals surface area contributed by atoms with Crippen LogP contribution in [0.15, 0.2) is 47.1 Å². The number of nitrogens with zero attached hydrogens (tertiary/aromatic N) is 1. The highest BCUT2D eigenvalue weighted by Gasteiger charge is 2.17. The molecule has 2 rings (SSSR count). The maximum Gasteiger partial charge on any atom is 0.232 e. The van der Waals surface area contributed by atoms with E-state index in [2.05, 4.69) is 5.32 Å². The Labute approximate surface area is 169 Å². The van der Waals surface area contributed by atoms with Crippen molar-refractivity contribution in [1.82, 2.24) is 5.32 Å². The van der Waals surface area contributed by atoms with Gasteiger partial charge in [0, 0.05) is 30.3 Å². The van der Waals surface area contributed by atoms with E-state index in [0.717, 1.165) is 23.5 Å². The van der Waals surface area contributed by atoms with Gasteiger partial charge in [-0.3, -0.25) is 9.10 Å². The van der Waals surface area contributed by atoms with Gasteiger partial charge in [-0.1, -0.05) is 11.6 Å². The fourth-order valence-electron chi connectivity index (χ4n) is 2.40. The van der Waals surface area contributed by atoms with Crippen LogP contribution in [0.25, 0.3) is 0 Å². The molecular weight excluding hydrogens is 408 g/mol. The standard InChI is InChI=1S/C18H23ClN2O4S2/c1-27(23,24)21(16-8-6-15(19)7-9-16)11-2-5-18(22)20-10-13-26-14-17-4-3-12-25-17/h3-4,6-9,12H,2,5,10-11,13-14H2,1H3,(H,20,22). The molecular formula is C18H23ClN2O4S2. The molecule has 0 spiro atoms. The zero-order valence-corrected chi connectivity index (χ0v) is 17.4. The molecule has 0 unspecified atom stereocenters. The summed E-state index contributed by atoms with van der Waals surface area (Å²) >= 11 is 7.53. The van der Waals surface area contributed by atoms with Crippen LogP contribution in [0.4, 0.5) is 5.69 Å². The zero-order chi connectivity index (χ0) is 19.7. The molecule has 0 aliphatic heterocycles. The average Bonchev–Trinajstić information content (AvgIpc) is 3.12. The van der Waals surface area contributed by atoms with Gasteiger partial charge in [-0.15, -0.1) is 0 Å². The third-order valence-electron chi connectivity index (χ3n) is 3.67. The van der Waals surface area contributed by atoms with Gasteiger partial charge in [0.25, 0.3) is 0 Å². The van der Waals surface area contributed by atoms with Crippen LogP contribution in [0.3, 0.4) is 0 Å². The molecule has 27 heavy (non-hydrogen) atoms. The summed E-state index contributed by atoms with van der Waals surface area (Å²) in [5.74, 6) is 2.38. The quantitative estimate of drug-likeness (QED) is 0.551. The minimum absolute atomic E-state index is 0.0850. The molecule has 9 heteroatoms. The number of furan rings is 1. The third kappa shape index (κ3) is 7.86. The van der Waals surface area contributed by atoms with Gasteiger partial charge in [0.2, 0.25) is 15.9 Å². The van der Waals surface area contributed by atoms with E-state index < -0.39 is 10.0 Å². The molecule has 2 aromatic rings. The lowest BCUT2D eigenvalue weighted by Crippen LogP contribution is -2.32. The zero-order valence-electron chi connectivity index (χ0n) is 15.1. The molecule has 0 saturated heterocycles. The highest BCUT2D eigenvalue weighted by atomic mass is 35.5. The maximum atomic E-state index is 12.0. The lowest BCUT2D eigenvalue weighted by molar-refractivity contribution is -0.121. The van der Waals surface area contributed by atoms with Gasteiger partial charge < -0.3 is 9.73 Å². The molecule has 1 N–H and O–H groups in total. The first-order chi connectivity index (χ1) is 12.9. The Morgan fingerprint density at radius 2 is 2.00 bits per heavy atom. The van der Waals surface area contributed by atoms with Crippen LogP contribution in [-0.4, -0.2) is 39.4 Å². The van der Waals surface area contributed by atoms with Crippen LogP contribution in [0.2, 0.25) is 5.02 Å². The second-order valence-electron chi connectivity index (χ2n) is 5.90. The van der Waals surface area contributed by atoms with E-state index in [1.54, 1.807) is 42.3 Å². The second-order valence-corrected chi connectivity index (χ2v) is 9.35. The summed E-state index contributed by atoms with van der Waals surface area (Å²) in [5.41, 5.74) is 0.539. The normalized spacial score (nSPS) is 11.3. The summed E-state index contributed by atoms with van der Waals surface area (Å²) in [7, 11) is -3.43. The summed E-state index contributed by atoms with van der Waals surface area (Å²) in [5, 5.41) is 3.39. The number of hydrogen-bond acceptors (Lipinski definition) is 5. The molecule has 6 nitrogen and oxygen atoms in total. The lowest BCUT2D eigenvalue weighted by atomic mass is 10.2. The van der Waals surface area contributed by atoms with Crippen LogP contribution in [0.5, 0.6) is 0 Å². The van der Waals surface area contributed by atoms with E-state index >= 15 is 0 Å². The number of anilines is 1. The molecule has 0 saturated carbocycles. The number of sulfonamides is 1. The Morgan fingerprint density at radius 3 is 2.63 bits per heavy atom. The van der Waals surface area contributed by atoms with Crippen LogP contribution < -0.4 is 9.62 Å². The van der Waals surface area contributed by atoms with Gasteiger partial charge in [0.1, 0.15) is 5.76 Å². The van der Waals surface area contributed by atoms with Crippen LogP contribution in [-0.2, 0) is 20.6 Å². The fraction of sp³-hybridized carbons (Fsp3) is 0.389. The Hall–Kier alpha value is -1.64. The predicted octanol–water partition coefficient (Wildman–Crippen LogP) is 3.53. The van der Waals surface area contributed by atoms with E-state index in [4.69, 9.17) is 16.0 Å². The number of nitrogens with one attached hydrogen (secondary N) is 1. The average molecular weight is 431 g/mol. The summed E-state index contributed by atoms with van der Waals surface area (Å²) in [4.78, 5) is 11.9. The SMILES string of the molecule is CS(=O)(=O)N(CCCC(=O)NCCSCc1ccco1)c1ccc(Cl)cc1. The number of rotatable bonds is 11. The summed E-state index contributed by atoms with van der Waals surface area (Å²) in [6.07, 6.45) is 3.49. The first kappa shape index (κ1) is 21.7. The van der Waals surface area contributed by atoms with Crippen molar-refractivity contribution in [2.24, 2.45) is 0 Å². The van der Waals surface area contributed by atoms with Crippen molar-refractivity contribution in [3.63, 3.8) is 0 Å². The van der Waals surface area contributed by atoms with Crippen LogP contribution in [0.1, 0.15) is 18.6 Å². The lowest BCUT2D eigenvalue weighted by Gasteiger charge is -2.22. The van der Waals surface area contributed by atoms with Crippen molar-refractivity contribution in [2.75, 3.05) is 29.4 Å². The molecule has 1 heterocycles. The van der Waals surface area contributed by atoms with E-state index in [0.29, 0.717) is 23.7 Å². The Morgan fingerprint density at radius 1 is 1.26 bits per heavy atom. The van der Waals surface area contributed by atoms with E-state index in [-0.39, 0.29) is 18.9 Å². The number of amides is 1. The van der Waals surface area contributed by atoms with Crippen molar-refractivity contribution >= 4 is 45.0 Å². The molecule has 0 radical (unpaired) electrons. The Kier molecular flexibility index (Phi) is 8.53. The summed E-state index contributed by atoms with van der Waals surface area (Å²) < 4.78 is 30.6. The van der Waals surface area contributed by atoms with Crippen molar-refractivity contribution in [3.05, 3.63) is 53.4 Å². The van der Waals surface area contributed by atoms with Gasteiger partial charge in [-0.2, -0.15) is 11.8 Å². The van der Waals surface area contributed by atoms with Gasteiger partial charge in [-0.25, -0.2) is 8.42 Å². The molecule has 1 aromatic heterocycles. The molecule has 148 valence electrons. The topological polar surface area (TPSA) is 79.6 Å². The van der Waals surface area contributed by atoms with E-state index in [1.165, 1.54) is 4.31 Å². The number of benzene rings is 1. The van der Waals surface area contributed by atoms with Gasteiger partial charge in [0.15, 0.2) is 0 Å². The van der Waals surface area contributed by atoms with E-state index in [1.807, 2.05) is 12.1 Å². The van der Waals surface area contributed by atoms with Crippen LogP contribution >= 0.6 is 23.4 Å².